The number of sulfonamides is 1. The van der Waals surface area contributed by atoms with Crippen LogP contribution in [0.1, 0.15) is 20.8 Å². The molecular formula is C19H23IN6O4S2. The molecule has 0 unspecified atom stereocenters. The minimum Gasteiger partial charge on any atom is -0.486 e. The fourth-order valence-electron chi connectivity index (χ4n) is 2.94. The van der Waals surface area contributed by atoms with Crippen LogP contribution in [-0.2, 0) is 16.6 Å². The van der Waals surface area contributed by atoms with Gasteiger partial charge in [-0.2, -0.15) is 0 Å². The van der Waals surface area contributed by atoms with Crippen molar-refractivity contribution in [1.82, 2.24) is 24.2 Å². The highest BCUT2D eigenvalue weighted by Gasteiger charge is 2.28. The Morgan fingerprint density at radius 2 is 1.91 bits per heavy atom. The predicted octanol–water partition coefficient (Wildman–Crippen LogP) is 2.65. The smallest absolute Gasteiger partial charge is 0.216 e. The molecule has 2 aromatic heterocycles. The maximum atomic E-state index is 12.4. The van der Waals surface area contributed by atoms with E-state index in [2.05, 4.69) is 42.3 Å². The zero-order valence-electron chi connectivity index (χ0n) is 17.8. The molecule has 3 aromatic rings. The summed E-state index contributed by atoms with van der Waals surface area (Å²) in [5.74, 6) is 1.66. The second kappa shape index (κ2) is 8.83. The molecule has 0 aliphatic carbocycles. The summed E-state index contributed by atoms with van der Waals surface area (Å²) in [5, 5.41) is 0.622. The molecule has 3 N–H and O–H groups in total. The van der Waals surface area contributed by atoms with Crippen LogP contribution in [0.2, 0.25) is 0 Å². The van der Waals surface area contributed by atoms with E-state index >= 15 is 0 Å². The average Bonchev–Trinajstić information content (AvgIpc) is 3.06. The third-order valence-corrected chi connectivity index (χ3v) is 9.26. The molecular weight excluding hydrogens is 567 g/mol. The molecule has 0 radical (unpaired) electrons. The summed E-state index contributed by atoms with van der Waals surface area (Å²) >= 11 is 3.66. The predicted molar refractivity (Wildman–Crippen MR) is 131 cm³/mol. The van der Waals surface area contributed by atoms with E-state index < -0.39 is 14.8 Å². The molecule has 0 saturated carbocycles. The molecule has 10 nitrogen and oxygen atoms in total. The SMILES string of the molecule is CC(C)(C)S(=O)(=O)NCCn1c(Sc2cc3c(cc2I)OCCO3)nc2c(N)ncnc21. The number of hydrogen-bond donors (Lipinski definition) is 2. The fraction of sp³-hybridized carbons (Fsp3) is 0.421. The standard InChI is InChI=1S/C19H23IN6O4S2/c1-19(2,3)32(27,28)24-4-5-26-17-15(16(21)22-10-23-17)25-18(26)31-14-9-13-12(8-11(14)20)29-6-7-30-13/h8-10,24H,4-7H2,1-3H3,(H2,21,22,23). The molecule has 0 spiro atoms. The molecule has 4 rings (SSSR count). The number of nitrogens with zero attached hydrogens (tertiary/aromatic N) is 4. The molecule has 1 aliphatic rings. The maximum absolute atomic E-state index is 12.4. The second-order valence-electron chi connectivity index (χ2n) is 8.02. The first-order valence-electron chi connectivity index (χ1n) is 9.80. The number of nitrogens with two attached hydrogens (primary N) is 1. The topological polar surface area (TPSA) is 134 Å². The number of imidazole rings is 1. The molecule has 0 saturated heterocycles. The minimum atomic E-state index is -3.48. The Morgan fingerprint density at radius 1 is 1.22 bits per heavy atom. The maximum Gasteiger partial charge on any atom is 0.216 e. The van der Waals surface area contributed by atoms with Gasteiger partial charge < -0.3 is 19.8 Å². The number of ether oxygens (including phenoxy) is 2. The van der Waals surface area contributed by atoms with Crippen molar-refractivity contribution < 1.29 is 17.9 Å². The Labute approximate surface area is 203 Å². The van der Waals surface area contributed by atoms with Gasteiger partial charge in [0.25, 0.3) is 0 Å². The lowest BCUT2D eigenvalue weighted by atomic mass is 10.3. The number of nitrogen functional groups attached to an aromatic ring is 1. The van der Waals surface area contributed by atoms with Crippen LogP contribution in [0.5, 0.6) is 11.5 Å². The van der Waals surface area contributed by atoms with E-state index in [1.165, 1.54) is 18.1 Å². The van der Waals surface area contributed by atoms with Crippen LogP contribution in [-0.4, -0.2) is 52.4 Å². The monoisotopic (exact) mass is 590 g/mol. The van der Waals surface area contributed by atoms with Crippen LogP contribution in [0.4, 0.5) is 5.82 Å². The van der Waals surface area contributed by atoms with E-state index in [0.717, 1.165) is 8.47 Å². The second-order valence-corrected chi connectivity index (χ2v) is 12.7. The Kier molecular flexibility index (Phi) is 6.44. The van der Waals surface area contributed by atoms with E-state index in [9.17, 15) is 8.42 Å². The molecule has 0 amide bonds. The van der Waals surface area contributed by atoms with Crippen molar-refractivity contribution in [2.45, 2.75) is 42.1 Å². The van der Waals surface area contributed by atoms with Gasteiger partial charge in [-0.25, -0.2) is 28.1 Å². The van der Waals surface area contributed by atoms with Gasteiger partial charge in [-0.15, -0.1) is 0 Å². The van der Waals surface area contributed by atoms with Gasteiger partial charge in [0.2, 0.25) is 10.0 Å². The summed E-state index contributed by atoms with van der Waals surface area (Å²) in [6, 6.07) is 3.85. The number of benzene rings is 1. The number of halogens is 1. The molecule has 0 atom stereocenters. The summed E-state index contributed by atoms with van der Waals surface area (Å²) in [6.07, 6.45) is 1.37. The first kappa shape index (κ1) is 23.3. The fourth-order valence-corrected chi connectivity index (χ4v) is 5.45. The van der Waals surface area contributed by atoms with Crippen molar-refractivity contribution in [3.05, 3.63) is 22.0 Å². The van der Waals surface area contributed by atoms with Crippen molar-refractivity contribution in [3.8, 4) is 11.5 Å². The summed E-state index contributed by atoms with van der Waals surface area (Å²) in [7, 11) is -3.48. The Hall–Kier alpha value is -1.84. The van der Waals surface area contributed by atoms with Gasteiger partial charge in [0.05, 0.1) is 4.75 Å². The number of hydrogen-bond acceptors (Lipinski definition) is 9. The first-order chi connectivity index (χ1) is 15.1. The van der Waals surface area contributed by atoms with Crippen molar-refractivity contribution >= 4 is 61.4 Å². The van der Waals surface area contributed by atoms with Crippen LogP contribution in [0.3, 0.4) is 0 Å². The lowest BCUT2D eigenvalue weighted by Gasteiger charge is -2.20. The number of rotatable bonds is 6. The van der Waals surface area contributed by atoms with Gasteiger partial charge in [-0.05, 0) is 55.5 Å². The van der Waals surface area contributed by atoms with Gasteiger partial charge in [0.15, 0.2) is 33.6 Å². The van der Waals surface area contributed by atoms with Crippen molar-refractivity contribution in [2.24, 2.45) is 0 Å². The molecule has 32 heavy (non-hydrogen) atoms. The molecule has 0 bridgehead atoms. The zero-order chi connectivity index (χ0) is 23.1. The van der Waals surface area contributed by atoms with Gasteiger partial charge in [0, 0.05) is 21.6 Å². The molecule has 172 valence electrons. The van der Waals surface area contributed by atoms with Gasteiger partial charge in [0.1, 0.15) is 19.5 Å². The molecule has 0 fully saturated rings. The number of fused-ring (bicyclic) bond motifs is 2. The number of nitrogens with one attached hydrogen (secondary N) is 1. The minimum absolute atomic E-state index is 0.181. The average molecular weight is 590 g/mol. The van der Waals surface area contributed by atoms with Crippen LogP contribution < -0.4 is 19.9 Å². The molecule has 1 aromatic carbocycles. The summed E-state index contributed by atoms with van der Waals surface area (Å²) in [6.45, 7) is 6.49. The summed E-state index contributed by atoms with van der Waals surface area (Å²) in [5.41, 5.74) is 7.04. The number of aromatic nitrogens is 4. The first-order valence-corrected chi connectivity index (χ1v) is 13.2. The van der Waals surface area contributed by atoms with Gasteiger partial charge in [-0.3, -0.25) is 0 Å². The lowest BCUT2D eigenvalue weighted by Crippen LogP contribution is -2.40. The van der Waals surface area contributed by atoms with E-state index in [1.54, 1.807) is 20.8 Å². The summed E-state index contributed by atoms with van der Waals surface area (Å²) in [4.78, 5) is 13.9. The molecule has 13 heteroatoms. The largest absolute Gasteiger partial charge is 0.486 e. The van der Waals surface area contributed by atoms with E-state index in [-0.39, 0.29) is 12.4 Å². The van der Waals surface area contributed by atoms with Crippen molar-refractivity contribution in [2.75, 3.05) is 25.5 Å². The van der Waals surface area contributed by atoms with Gasteiger partial charge >= 0.3 is 0 Å². The highest BCUT2D eigenvalue weighted by Crippen LogP contribution is 2.40. The highest BCUT2D eigenvalue weighted by atomic mass is 127. The van der Waals surface area contributed by atoms with Crippen LogP contribution in [0, 0.1) is 3.57 Å². The third kappa shape index (κ3) is 4.61. The molecule has 1 aliphatic heterocycles. The van der Waals surface area contributed by atoms with E-state index in [1.807, 2.05) is 16.7 Å². The van der Waals surface area contributed by atoms with E-state index in [0.29, 0.717) is 47.6 Å². The quantitative estimate of drug-likeness (QED) is 0.416. The Balaban J connectivity index is 1.67. The van der Waals surface area contributed by atoms with E-state index in [4.69, 9.17) is 15.2 Å². The Bertz CT molecular complexity index is 1270. The number of anilines is 1. The lowest BCUT2D eigenvalue weighted by molar-refractivity contribution is 0.171. The van der Waals surface area contributed by atoms with Crippen molar-refractivity contribution in [1.29, 1.82) is 0 Å². The Morgan fingerprint density at radius 3 is 2.59 bits per heavy atom. The third-order valence-electron chi connectivity index (χ3n) is 4.76. The summed E-state index contributed by atoms with van der Waals surface area (Å²) < 4.78 is 40.8. The van der Waals surface area contributed by atoms with Crippen LogP contribution in [0.25, 0.3) is 11.2 Å². The normalized spacial score (nSPS) is 14.1. The molecule has 3 heterocycles. The van der Waals surface area contributed by atoms with Crippen LogP contribution in [0.15, 0.2) is 28.5 Å². The van der Waals surface area contributed by atoms with Crippen molar-refractivity contribution in [3.63, 3.8) is 0 Å². The van der Waals surface area contributed by atoms with Crippen LogP contribution >= 0.6 is 34.4 Å². The van der Waals surface area contributed by atoms with Gasteiger partial charge in [-0.1, -0.05) is 11.8 Å². The highest BCUT2D eigenvalue weighted by molar-refractivity contribution is 14.1. The zero-order valence-corrected chi connectivity index (χ0v) is 21.5.